The first-order valence-electron chi connectivity index (χ1n) is 6.52. The topological polar surface area (TPSA) is 41.0 Å². The van der Waals surface area contributed by atoms with Crippen molar-refractivity contribution in [3.8, 4) is 0 Å². The second kappa shape index (κ2) is 5.96. The molecule has 1 N–H and O–H groups in total. The van der Waals surface area contributed by atoms with Gasteiger partial charge in [-0.1, -0.05) is 0 Å². The molecule has 1 unspecified atom stereocenters. The average Bonchev–Trinajstić information content (AvgIpc) is 2.38. The van der Waals surface area contributed by atoms with E-state index in [1.807, 2.05) is 12.1 Å². The highest BCUT2D eigenvalue weighted by molar-refractivity contribution is 5.37. The first kappa shape index (κ1) is 12.3. The maximum Gasteiger partial charge on any atom is 0.151 e. The van der Waals surface area contributed by atoms with Crippen molar-refractivity contribution in [3.05, 3.63) is 18.3 Å². The van der Waals surface area contributed by atoms with E-state index in [0.29, 0.717) is 6.04 Å². The number of rotatable bonds is 4. The maximum atomic E-state index is 4.22. The minimum absolute atomic E-state index is 0.466. The molecule has 2 heterocycles. The summed E-state index contributed by atoms with van der Waals surface area (Å²) in [6.07, 6.45) is 4.33. The molecule has 1 saturated heterocycles. The van der Waals surface area contributed by atoms with Crippen LogP contribution < -0.4 is 10.2 Å². The summed E-state index contributed by atoms with van der Waals surface area (Å²) in [5.74, 6) is 1.72. The predicted molar refractivity (Wildman–Crippen MR) is 70.1 cm³/mol. The van der Waals surface area contributed by atoms with Gasteiger partial charge in [-0.05, 0) is 57.8 Å². The van der Waals surface area contributed by atoms with Crippen LogP contribution in [0.4, 0.5) is 5.82 Å². The van der Waals surface area contributed by atoms with Gasteiger partial charge in [0, 0.05) is 18.8 Å². The highest BCUT2D eigenvalue weighted by Gasteiger charge is 2.19. The van der Waals surface area contributed by atoms with Crippen LogP contribution in [0.25, 0.3) is 0 Å². The van der Waals surface area contributed by atoms with E-state index in [2.05, 4.69) is 34.3 Å². The molecule has 94 valence electrons. The van der Waals surface area contributed by atoms with Crippen molar-refractivity contribution >= 4 is 5.82 Å². The van der Waals surface area contributed by atoms with Gasteiger partial charge < -0.3 is 10.2 Å². The van der Waals surface area contributed by atoms with Gasteiger partial charge in [0.15, 0.2) is 5.82 Å². The molecule has 0 aromatic carbocycles. The largest absolute Gasteiger partial charge is 0.352 e. The third kappa shape index (κ3) is 3.40. The van der Waals surface area contributed by atoms with E-state index < -0.39 is 0 Å². The Morgan fingerprint density at radius 2 is 2.41 bits per heavy atom. The summed E-state index contributed by atoms with van der Waals surface area (Å²) >= 11 is 0. The molecule has 0 saturated carbocycles. The monoisotopic (exact) mass is 234 g/mol. The molecule has 0 radical (unpaired) electrons. The molecule has 1 aliphatic heterocycles. The summed E-state index contributed by atoms with van der Waals surface area (Å²) in [7, 11) is 0. The lowest BCUT2D eigenvalue weighted by Gasteiger charge is -2.33. The molecular formula is C13H22N4. The molecule has 0 spiro atoms. The fraction of sp³-hybridized carbons (Fsp3) is 0.692. The number of aromatic nitrogens is 2. The fourth-order valence-corrected chi connectivity index (χ4v) is 2.37. The van der Waals surface area contributed by atoms with Gasteiger partial charge in [-0.2, -0.15) is 5.10 Å². The van der Waals surface area contributed by atoms with Crippen LogP contribution in [0.5, 0.6) is 0 Å². The van der Waals surface area contributed by atoms with Gasteiger partial charge in [0.1, 0.15) is 0 Å². The maximum absolute atomic E-state index is 4.22. The molecule has 0 amide bonds. The van der Waals surface area contributed by atoms with Gasteiger partial charge in [0.2, 0.25) is 0 Å². The molecule has 0 bridgehead atoms. The Kier molecular flexibility index (Phi) is 4.31. The van der Waals surface area contributed by atoms with Crippen molar-refractivity contribution in [2.75, 3.05) is 24.5 Å². The van der Waals surface area contributed by atoms with E-state index in [0.717, 1.165) is 24.8 Å². The van der Waals surface area contributed by atoms with Gasteiger partial charge in [0.25, 0.3) is 0 Å². The Morgan fingerprint density at radius 1 is 1.53 bits per heavy atom. The molecule has 1 fully saturated rings. The molecule has 1 aliphatic rings. The number of hydrogen-bond acceptors (Lipinski definition) is 4. The van der Waals surface area contributed by atoms with Crippen LogP contribution in [0.3, 0.4) is 0 Å². The average molecular weight is 234 g/mol. The van der Waals surface area contributed by atoms with Crippen LogP contribution in [-0.2, 0) is 0 Å². The highest BCUT2D eigenvalue weighted by Crippen LogP contribution is 2.18. The minimum atomic E-state index is 0.466. The second-order valence-corrected chi connectivity index (χ2v) is 5.04. The Labute approximate surface area is 103 Å². The van der Waals surface area contributed by atoms with Crippen molar-refractivity contribution in [2.45, 2.75) is 32.7 Å². The summed E-state index contributed by atoms with van der Waals surface area (Å²) in [6, 6.07) is 4.47. The van der Waals surface area contributed by atoms with Gasteiger partial charge in [0.05, 0.1) is 0 Å². The Balaban J connectivity index is 2.02. The lowest BCUT2D eigenvalue weighted by atomic mass is 9.98. The van der Waals surface area contributed by atoms with Gasteiger partial charge in [-0.15, -0.1) is 5.10 Å². The smallest absolute Gasteiger partial charge is 0.151 e. The first-order valence-corrected chi connectivity index (χ1v) is 6.52. The zero-order valence-corrected chi connectivity index (χ0v) is 10.8. The molecule has 1 aromatic rings. The van der Waals surface area contributed by atoms with E-state index >= 15 is 0 Å². The lowest BCUT2D eigenvalue weighted by Crippen LogP contribution is -2.41. The van der Waals surface area contributed by atoms with Crippen molar-refractivity contribution in [3.63, 3.8) is 0 Å². The second-order valence-electron chi connectivity index (χ2n) is 5.04. The van der Waals surface area contributed by atoms with Gasteiger partial charge in [-0.25, -0.2) is 0 Å². The SMILES string of the molecule is CC(C)N(CC1CCCNC1)c1cccnn1. The van der Waals surface area contributed by atoms with E-state index in [-0.39, 0.29) is 0 Å². The Hall–Kier alpha value is -1.16. The quantitative estimate of drug-likeness (QED) is 0.861. The number of anilines is 1. The Morgan fingerprint density at radius 3 is 3.00 bits per heavy atom. The molecule has 1 atom stereocenters. The molecule has 0 aliphatic carbocycles. The van der Waals surface area contributed by atoms with E-state index in [1.165, 1.54) is 19.4 Å². The van der Waals surface area contributed by atoms with Crippen LogP contribution in [0, 0.1) is 5.92 Å². The highest BCUT2D eigenvalue weighted by atomic mass is 15.3. The standard InChI is InChI=1S/C13H22N4/c1-11(2)17(13-6-4-8-15-16-13)10-12-5-3-7-14-9-12/h4,6,8,11-12,14H,3,5,7,9-10H2,1-2H3. The molecule has 4 heteroatoms. The van der Waals surface area contributed by atoms with Crippen LogP contribution in [0.15, 0.2) is 18.3 Å². The van der Waals surface area contributed by atoms with Crippen molar-refractivity contribution in [2.24, 2.45) is 5.92 Å². The van der Waals surface area contributed by atoms with E-state index in [4.69, 9.17) is 0 Å². The van der Waals surface area contributed by atoms with Gasteiger partial charge in [-0.3, -0.25) is 0 Å². The predicted octanol–water partition coefficient (Wildman–Crippen LogP) is 1.69. The Bertz CT molecular complexity index is 319. The molecule has 2 rings (SSSR count). The summed E-state index contributed by atoms with van der Waals surface area (Å²) in [6.45, 7) is 7.80. The number of nitrogens with zero attached hydrogens (tertiary/aromatic N) is 3. The fourth-order valence-electron chi connectivity index (χ4n) is 2.37. The normalized spacial score (nSPS) is 20.5. The number of hydrogen-bond donors (Lipinski definition) is 1. The van der Waals surface area contributed by atoms with Crippen LogP contribution in [0.2, 0.25) is 0 Å². The van der Waals surface area contributed by atoms with Crippen molar-refractivity contribution < 1.29 is 0 Å². The molecule has 1 aromatic heterocycles. The first-order chi connectivity index (χ1) is 8.27. The summed E-state index contributed by atoms with van der Waals surface area (Å²) in [5.41, 5.74) is 0. The number of piperidine rings is 1. The van der Waals surface area contributed by atoms with Crippen LogP contribution >= 0.6 is 0 Å². The zero-order valence-electron chi connectivity index (χ0n) is 10.8. The van der Waals surface area contributed by atoms with Crippen molar-refractivity contribution in [1.29, 1.82) is 0 Å². The summed E-state index contributed by atoms with van der Waals surface area (Å²) < 4.78 is 0. The van der Waals surface area contributed by atoms with E-state index in [1.54, 1.807) is 6.20 Å². The van der Waals surface area contributed by atoms with Crippen LogP contribution in [0.1, 0.15) is 26.7 Å². The third-order valence-corrected chi connectivity index (χ3v) is 3.33. The zero-order chi connectivity index (χ0) is 12.1. The lowest BCUT2D eigenvalue weighted by molar-refractivity contribution is 0.370. The number of nitrogens with one attached hydrogen (secondary N) is 1. The van der Waals surface area contributed by atoms with Crippen LogP contribution in [-0.4, -0.2) is 35.9 Å². The summed E-state index contributed by atoms with van der Waals surface area (Å²) in [5, 5.41) is 11.7. The molecular weight excluding hydrogens is 212 g/mol. The van der Waals surface area contributed by atoms with E-state index in [9.17, 15) is 0 Å². The van der Waals surface area contributed by atoms with Gasteiger partial charge >= 0.3 is 0 Å². The van der Waals surface area contributed by atoms with Crippen molar-refractivity contribution in [1.82, 2.24) is 15.5 Å². The molecule has 4 nitrogen and oxygen atoms in total. The third-order valence-electron chi connectivity index (χ3n) is 3.33. The summed E-state index contributed by atoms with van der Waals surface area (Å²) in [4.78, 5) is 2.35. The minimum Gasteiger partial charge on any atom is -0.352 e. The molecule has 17 heavy (non-hydrogen) atoms.